The van der Waals surface area contributed by atoms with Crippen LogP contribution in [-0.4, -0.2) is 43.2 Å². The van der Waals surface area contributed by atoms with Crippen LogP contribution in [0.2, 0.25) is 0 Å². The van der Waals surface area contributed by atoms with E-state index in [9.17, 15) is 8.78 Å². The van der Waals surface area contributed by atoms with Gasteiger partial charge in [-0.25, -0.2) is 8.78 Å². The molecule has 2 aliphatic rings. The maximum absolute atomic E-state index is 12.9. The Morgan fingerprint density at radius 3 is 2.88 bits per heavy atom. The van der Waals surface area contributed by atoms with E-state index in [2.05, 4.69) is 5.32 Å². The van der Waals surface area contributed by atoms with Gasteiger partial charge in [-0.3, -0.25) is 0 Å². The van der Waals surface area contributed by atoms with Gasteiger partial charge in [0.2, 0.25) is 0 Å². The van der Waals surface area contributed by atoms with Gasteiger partial charge in [0.1, 0.15) is 0 Å². The van der Waals surface area contributed by atoms with E-state index in [1.165, 1.54) is 0 Å². The summed E-state index contributed by atoms with van der Waals surface area (Å²) in [5.41, 5.74) is -0.0996. The lowest BCUT2D eigenvalue weighted by atomic mass is 9.81. The van der Waals surface area contributed by atoms with Crippen molar-refractivity contribution in [2.75, 3.05) is 25.2 Å². The van der Waals surface area contributed by atoms with Crippen LogP contribution in [0, 0.1) is 5.92 Å². The third-order valence-corrected chi connectivity index (χ3v) is 4.93. The smallest absolute Gasteiger partial charge is 0.253 e. The first-order valence-corrected chi connectivity index (χ1v) is 6.99. The Bertz CT molecular complexity index is 234. The Morgan fingerprint density at radius 1 is 1.50 bits per heavy atom. The molecule has 0 amide bonds. The van der Waals surface area contributed by atoms with Crippen molar-refractivity contribution in [1.82, 2.24) is 5.32 Å². The summed E-state index contributed by atoms with van der Waals surface area (Å²) < 4.78 is 31.5. The molecule has 16 heavy (non-hydrogen) atoms. The van der Waals surface area contributed by atoms with Crippen molar-refractivity contribution in [1.29, 1.82) is 0 Å². The van der Waals surface area contributed by atoms with Crippen molar-refractivity contribution in [3.05, 3.63) is 0 Å². The summed E-state index contributed by atoms with van der Waals surface area (Å²) in [5, 5.41) is 2.77. The lowest BCUT2D eigenvalue weighted by Crippen LogP contribution is -2.48. The minimum absolute atomic E-state index is 0.0532. The van der Waals surface area contributed by atoms with Crippen LogP contribution in [0.5, 0.6) is 0 Å². The maximum atomic E-state index is 12.9. The van der Waals surface area contributed by atoms with E-state index in [0.717, 1.165) is 30.8 Å². The number of halogens is 2. The van der Waals surface area contributed by atoms with Gasteiger partial charge < -0.3 is 10.1 Å². The SMILES string of the molecule is CNC(C(F)F)C1CCOC2(CCSC2)C1. The zero-order chi connectivity index (χ0) is 11.6. The predicted octanol–water partition coefficient (Wildman–Crippen LogP) is 2.14. The Balaban J connectivity index is 2.00. The fourth-order valence-electron chi connectivity index (χ4n) is 2.80. The van der Waals surface area contributed by atoms with Crippen molar-refractivity contribution < 1.29 is 13.5 Å². The molecule has 0 radical (unpaired) electrons. The highest BCUT2D eigenvalue weighted by atomic mass is 32.2. The van der Waals surface area contributed by atoms with Gasteiger partial charge in [0.15, 0.2) is 0 Å². The van der Waals surface area contributed by atoms with E-state index in [-0.39, 0.29) is 11.5 Å². The van der Waals surface area contributed by atoms with E-state index < -0.39 is 12.5 Å². The molecule has 2 rings (SSSR count). The van der Waals surface area contributed by atoms with Gasteiger partial charge in [-0.15, -0.1) is 0 Å². The Kier molecular flexibility index (Phi) is 4.08. The van der Waals surface area contributed by atoms with E-state index in [0.29, 0.717) is 6.61 Å². The fourth-order valence-corrected chi connectivity index (χ4v) is 4.18. The molecule has 1 N–H and O–H groups in total. The highest BCUT2D eigenvalue weighted by molar-refractivity contribution is 7.99. The fraction of sp³-hybridized carbons (Fsp3) is 1.00. The summed E-state index contributed by atoms with van der Waals surface area (Å²) in [7, 11) is 1.63. The molecule has 94 valence electrons. The topological polar surface area (TPSA) is 21.3 Å². The predicted molar refractivity (Wildman–Crippen MR) is 62.2 cm³/mol. The van der Waals surface area contributed by atoms with Crippen molar-refractivity contribution >= 4 is 11.8 Å². The Hall–Kier alpha value is 0.130. The molecule has 2 saturated heterocycles. The van der Waals surface area contributed by atoms with Gasteiger partial charge in [-0.1, -0.05) is 0 Å². The average Bonchev–Trinajstić information content (AvgIpc) is 2.67. The number of hydrogen-bond acceptors (Lipinski definition) is 3. The van der Waals surface area contributed by atoms with Crippen LogP contribution < -0.4 is 5.32 Å². The van der Waals surface area contributed by atoms with E-state index in [1.807, 2.05) is 11.8 Å². The summed E-state index contributed by atoms with van der Waals surface area (Å²) in [4.78, 5) is 0. The van der Waals surface area contributed by atoms with Crippen LogP contribution in [0.25, 0.3) is 0 Å². The van der Waals surface area contributed by atoms with Crippen molar-refractivity contribution in [2.45, 2.75) is 37.3 Å². The van der Waals surface area contributed by atoms with E-state index in [1.54, 1.807) is 7.05 Å². The molecule has 3 atom stereocenters. The molecule has 2 fully saturated rings. The van der Waals surface area contributed by atoms with Crippen molar-refractivity contribution in [3.8, 4) is 0 Å². The highest BCUT2D eigenvalue weighted by Gasteiger charge is 2.43. The summed E-state index contributed by atoms with van der Waals surface area (Å²) in [6.07, 6.45) is 0.283. The molecule has 2 nitrogen and oxygen atoms in total. The largest absolute Gasteiger partial charge is 0.374 e. The summed E-state index contributed by atoms with van der Waals surface area (Å²) in [5.74, 6) is 2.13. The molecule has 0 aliphatic carbocycles. The number of hydrogen-bond donors (Lipinski definition) is 1. The van der Waals surface area contributed by atoms with E-state index >= 15 is 0 Å². The van der Waals surface area contributed by atoms with Gasteiger partial charge in [-0.05, 0) is 38.0 Å². The Morgan fingerprint density at radius 2 is 2.31 bits per heavy atom. The minimum atomic E-state index is -2.28. The van der Waals surface area contributed by atoms with Crippen molar-refractivity contribution in [2.24, 2.45) is 5.92 Å². The maximum Gasteiger partial charge on any atom is 0.253 e. The van der Waals surface area contributed by atoms with Crippen LogP contribution >= 0.6 is 11.8 Å². The number of alkyl halides is 2. The molecule has 0 aromatic carbocycles. The molecule has 3 unspecified atom stereocenters. The summed E-state index contributed by atoms with van der Waals surface area (Å²) in [6, 6.07) is -0.675. The molecule has 1 spiro atoms. The summed E-state index contributed by atoms with van der Waals surface area (Å²) in [6.45, 7) is 0.635. The van der Waals surface area contributed by atoms with Gasteiger partial charge in [-0.2, -0.15) is 11.8 Å². The molecule has 0 aromatic rings. The number of rotatable bonds is 3. The number of nitrogens with one attached hydrogen (secondary N) is 1. The molecule has 2 heterocycles. The monoisotopic (exact) mass is 251 g/mol. The first kappa shape index (κ1) is 12.6. The van der Waals surface area contributed by atoms with Crippen LogP contribution in [-0.2, 0) is 4.74 Å². The quantitative estimate of drug-likeness (QED) is 0.830. The third-order valence-electron chi connectivity index (χ3n) is 3.71. The van der Waals surface area contributed by atoms with Gasteiger partial charge >= 0.3 is 0 Å². The van der Waals surface area contributed by atoms with Gasteiger partial charge in [0, 0.05) is 12.4 Å². The van der Waals surface area contributed by atoms with Gasteiger partial charge in [0.25, 0.3) is 6.43 Å². The van der Waals surface area contributed by atoms with Crippen molar-refractivity contribution in [3.63, 3.8) is 0 Å². The Labute approximate surface area is 99.5 Å². The minimum Gasteiger partial charge on any atom is -0.374 e. The highest BCUT2D eigenvalue weighted by Crippen LogP contribution is 2.41. The normalized spacial score (nSPS) is 37.1. The third kappa shape index (κ3) is 2.51. The van der Waals surface area contributed by atoms with Crippen LogP contribution in [0.15, 0.2) is 0 Å². The molecular weight excluding hydrogens is 232 g/mol. The van der Waals surface area contributed by atoms with Crippen LogP contribution in [0.1, 0.15) is 19.3 Å². The van der Waals surface area contributed by atoms with Crippen LogP contribution in [0.4, 0.5) is 8.78 Å². The second kappa shape index (κ2) is 5.19. The van der Waals surface area contributed by atoms with Crippen LogP contribution in [0.3, 0.4) is 0 Å². The lowest BCUT2D eigenvalue weighted by Gasteiger charge is -2.40. The van der Waals surface area contributed by atoms with E-state index in [4.69, 9.17) is 4.74 Å². The first-order chi connectivity index (χ1) is 7.67. The second-order valence-corrected chi connectivity index (χ2v) is 5.84. The zero-order valence-electron chi connectivity index (χ0n) is 9.55. The number of ether oxygens (including phenoxy) is 1. The molecule has 0 aromatic heterocycles. The molecular formula is C11H19F2NOS. The average molecular weight is 251 g/mol. The number of thioether (sulfide) groups is 1. The lowest BCUT2D eigenvalue weighted by molar-refractivity contribution is -0.0947. The second-order valence-electron chi connectivity index (χ2n) is 4.74. The molecule has 5 heteroatoms. The first-order valence-electron chi connectivity index (χ1n) is 5.84. The van der Waals surface area contributed by atoms with Gasteiger partial charge in [0.05, 0.1) is 11.6 Å². The summed E-state index contributed by atoms with van der Waals surface area (Å²) >= 11 is 1.88. The molecule has 0 saturated carbocycles. The standard InChI is InChI=1S/C11H19F2NOS/c1-14-9(10(12)13)8-2-4-15-11(6-8)3-5-16-7-11/h8-10,14H,2-7H2,1H3. The molecule has 0 bridgehead atoms. The zero-order valence-corrected chi connectivity index (χ0v) is 10.4. The molecule has 2 aliphatic heterocycles.